The standard InChI is InChI=1S/C29H32O4/c1-18(2)23-17-24(19(3)4)26(32-28(30)21-13-9-7-10-14-21)27(25(23)20(5)6)33-29(31)22-15-11-8-12-16-22/h7-20H,1-6H3. The molecule has 0 aliphatic carbocycles. The maximum atomic E-state index is 13.1. The van der Waals surface area contributed by atoms with E-state index >= 15 is 0 Å². The summed E-state index contributed by atoms with van der Waals surface area (Å²) in [6.45, 7) is 12.4. The normalized spacial score (nSPS) is 11.2. The van der Waals surface area contributed by atoms with E-state index < -0.39 is 11.9 Å². The van der Waals surface area contributed by atoms with Gasteiger partial charge in [0.25, 0.3) is 0 Å². The monoisotopic (exact) mass is 444 g/mol. The van der Waals surface area contributed by atoms with Gasteiger partial charge in [0.15, 0.2) is 11.5 Å². The van der Waals surface area contributed by atoms with Crippen LogP contribution < -0.4 is 9.47 Å². The van der Waals surface area contributed by atoms with Crippen LogP contribution in [0.4, 0.5) is 0 Å². The van der Waals surface area contributed by atoms with Gasteiger partial charge in [0, 0.05) is 11.1 Å². The van der Waals surface area contributed by atoms with Gasteiger partial charge in [0.1, 0.15) is 0 Å². The first-order valence-corrected chi connectivity index (χ1v) is 11.5. The fraction of sp³-hybridized carbons (Fsp3) is 0.310. The first-order valence-electron chi connectivity index (χ1n) is 11.5. The predicted octanol–water partition coefficient (Wildman–Crippen LogP) is 7.50. The highest BCUT2D eigenvalue weighted by Crippen LogP contribution is 2.46. The quantitative estimate of drug-likeness (QED) is 0.280. The minimum absolute atomic E-state index is 0.0522. The largest absolute Gasteiger partial charge is 0.419 e. The van der Waals surface area contributed by atoms with Gasteiger partial charge < -0.3 is 9.47 Å². The summed E-state index contributed by atoms with van der Waals surface area (Å²) in [6, 6.07) is 19.8. The highest BCUT2D eigenvalue weighted by atomic mass is 16.6. The molecule has 0 atom stereocenters. The molecule has 172 valence electrons. The van der Waals surface area contributed by atoms with Gasteiger partial charge in [0.2, 0.25) is 0 Å². The molecule has 0 saturated carbocycles. The number of ether oxygens (including phenoxy) is 2. The van der Waals surface area contributed by atoms with E-state index in [1.165, 1.54) is 0 Å². The Balaban J connectivity index is 2.22. The summed E-state index contributed by atoms with van der Waals surface area (Å²) in [4.78, 5) is 26.1. The van der Waals surface area contributed by atoms with Crippen molar-refractivity contribution in [3.8, 4) is 11.5 Å². The van der Waals surface area contributed by atoms with Crippen LogP contribution in [0.15, 0.2) is 66.7 Å². The minimum Gasteiger partial charge on any atom is -0.419 e. The van der Waals surface area contributed by atoms with Crippen molar-refractivity contribution in [1.29, 1.82) is 0 Å². The second kappa shape index (κ2) is 10.5. The maximum absolute atomic E-state index is 13.1. The number of carbonyl (C=O) groups excluding carboxylic acids is 2. The molecule has 0 unspecified atom stereocenters. The van der Waals surface area contributed by atoms with E-state index in [0.717, 1.165) is 16.7 Å². The summed E-state index contributed by atoms with van der Waals surface area (Å²) in [5.41, 5.74) is 3.68. The summed E-state index contributed by atoms with van der Waals surface area (Å²) in [5, 5.41) is 0. The third-order valence-corrected chi connectivity index (χ3v) is 5.56. The fourth-order valence-corrected chi connectivity index (χ4v) is 3.86. The van der Waals surface area contributed by atoms with Gasteiger partial charge in [-0.2, -0.15) is 0 Å². The first-order chi connectivity index (χ1) is 15.7. The van der Waals surface area contributed by atoms with Crippen LogP contribution in [0.5, 0.6) is 11.5 Å². The van der Waals surface area contributed by atoms with Crippen molar-refractivity contribution in [2.24, 2.45) is 0 Å². The van der Waals surface area contributed by atoms with Gasteiger partial charge in [-0.3, -0.25) is 0 Å². The second-order valence-electron chi connectivity index (χ2n) is 9.10. The molecule has 4 nitrogen and oxygen atoms in total. The van der Waals surface area contributed by atoms with E-state index in [1.807, 2.05) is 26.0 Å². The molecule has 0 aromatic heterocycles. The SMILES string of the molecule is CC(C)c1cc(C(C)C)c(C(C)C)c(OC(=O)c2ccccc2)c1OC(=O)c1ccccc1. The van der Waals surface area contributed by atoms with Gasteiger partial charge in [-0.05, 0) is 47.6 Å². The number of benzene rings is 3. The van der Waals surface area contributed by atoms with Crippen molar-refractivity contribution < 1.29 is 19.1 Å². The van der Waals surface area contributed by atoms with Gasteiger partial charge >= 0.3 is 11.9 Å². The molecule has 0 spiro atoms. The summed E-state index contributed by atoms with van der Waals surface area (Å²) in [5.74, 6) is -0.0123. The van der Waals surface area contributed by atoms with Crippen LogP contribution in [0.2, 0.25) is 0 Å². The maximum Gasteiger partial charge on any atom is 0.343 e. The lowest BCUT2D eigenvalue weighted by molar-refractivity contribution is 0.0678. The van der Waals surface area contributed by atoms with Crippen LogP contribution in [0, 0.1) is 0 Å². The highest BCUT2D eigenvalue weighted by Gasteiger charge is 2.29. The summed E-state index contributed by atoms with van der Waals surface area (Å²) < 4.78 is 12.0. The van der Waals surface area contributed by atoms with Crippen LogP contribution >= 0.6 is 0 Å². The molecule has 0 amide bonds. The molecule has 0 N–H and O–H groups in total. The van der Waals surface area contributed by atoms with E-state index in [1.54, 1.807) is 48.5 Å². The number of carbonyl (C=O) groups is 2. The van der Waals surface area contributed by atoms with Crippen molar-refractivity contribution >= 4 is 11.9 Å². The zero-order chi connectivity index (χ0) is 24.1. The van der Waals surface area contributed by atoms with Crippen LogP contribution in [0.25, 0.3) is 0 Å². The number of hydrogen-bond acceptors (Lipinski definition) is 4. The van der Waals surface area contributed by atoms with Crippen molar-refractivity contribution in [3.63, 3.8) is 0 Å². The average molecular weight is 445 g/mol. The van der Waals surface area contributed by atoms with Crippen LogP contribution in [0.1, 0.15) is 96.7 Å². The predicted molar refractivity (Wildman–Crippen MR) is 132 cm³/mol. The van der Waals surface area contributed by atoms with E-state index in [4.69, 9.17) is 9.47 Å². The van der Waals surface area contributed by atoms with Gasteiger partial charge in [-0.15, -0.1) is 0 Å². The smallest absolute Gasteiger partial charge is 0.343 e. The van der Waals surface area contributed by atoms with E-state index in [0.29, 0.717) is 22.6 Å². The van der Waals surface area contributed by atoms with Crippen LogP contribution in [0.3, 0.4) is 0 Å². The van der Waals surface area contributed by atoms with E-state index in [9.17, 15) is 9.59 Å². The topological polar surface area (TPSA) is 52.6 Å². The van der Waals surface area contributed by atoms with Gasteiger partial charge in [0.05, 0.1) is 11.1 Å². The zero-order valence-corrected chi connectivity index (χ0v) is 20.2. The Kier molecular flexibility index (Phi) is 7.70. The second-order valence-corrected chi connectivity index (χ2v) is 9.10. The molecular weight excluding hydrogens is 412 g/mol. The van der Waals surface area contributed by atoms with E-state index in [-0.39, 0.29) is 17.8 Å². The number of esters is 2. The molecule has 3 aromatic carbocycles. The van der Waals surface area contributed by atoms with Gasteiger partial charge in [-0.1, -0.05) is 84.0 Å². The Labute approximate surface area is 196 Å². The van der Waals surface area contributed by atoms with Crippen molar-refractivity contribution in [2.45, 2.75) is 59.3 Å². The highest BCUT2D eigenvalue weighted by molar-refractivity contribution is 5.94. The summed E-state index contributed by atoms with van der Waals surface area (Å²) in [6.07, 6.45) is 0. The molecule has 0 radical (unpaired) electrons. The lowest BCUT2D eigenvalue weighted by Crippen LogP contribution is -2.17. The molecule has 3 aromatic rings. The lowest BCUT2D eigenvalue weighted by atomic mass is 9.85. The van der Waals surface area contributed by atoms with Crippen LogP contribution in [-0.2, 0) is 0 Å². The lowest BCUT2D eigenvalue weighted by Gasteiger charge is -2.26. The minimum atomic E-state index is -0.485. The molecule has 0 heterocycles. The van der Waals surface area contributed by atoms with Crippen molar-refractivity contribution in [3.05, 3.63) is 94.5 Å². The van der Waals surface area contributed by atoms with E-state index in [2.05, 4.69) is 33.8 Å². The van der Waals surface area contributed by atoms with Crippen LogP contribution in [-0.4, -0.2) is 11.9 Å². The summed E-state index contributed by atoms with van der Waals surface area (Å²) in [7, 11) is 0. The molecule has 0 fully saturated rings. The molecular formula is C29H32O4. The molecule has 4 heteroatoms. The Hall–Kier alpha value is -3.40. The molecule has 0 aliphatic rings. The number of rotatable bonds is 7. The number of hydrogen-bond donors (Lipinski definition) is 0. The Morgan fingerprint density at radius 2 is 1.00 bits per heavy atom. The molecule has 0 aliphatic heterocycles. The summed E-state index contributed by atoms with van der Waals surface area (Å²) >= 11 is 0. The fourth-order valence-electron chi connectivity index (χ4n) is 3.86. The molecule has 33 heavy (non-hydrogen) atoms. The molecule has 0 bridgehead atoms. The average Bonchev–Trinajstić information content (AvgIpc) is 2.80. The zero-order valence-electron chi connectivity index (χ0n) is 20.2. The Morgan fingerprint density at radius 1 is 0.576 bits per heavy atom. The van der Waals surface area contributed by atoms with Crippen molar-refractivity contribution in [1.82, 2.24) is 0 Å². The van der Waals surface area contributed by atoms with Gasteiger partial charge in [-0.25, -0.2) is 9.59 Å². The van der Waals surface area contributed by atoms with Crippen molar-refractivity contribution in [2.75, 3.05) is 0 Å². The molecule has 3 rings (SSSR count). The Morgan fingerprint density at radius 3 is 1.39 bits per heavy atom. The Bertz CT molecular complexity index is 1110. The third kappa shape index (κ3) is 5.51. The molecule has 0 saturated heterocycles. The first kappa shape index (κ1) is 24.2. The third-order valence-electron chi connectivity index (χ3n) is 5.56.